The number of carbonyl (C=O) groups excluding carboxylic acids is 1. The van der Waals surface area contributed by atoms with Gasteiger partial charge >= 0.3 is 0 Å². The van der Waals surface area contributed by atoms with E-state index in [1.54, 1.807) is 18.2 Å². The van der Waals surface area contributed by atoms with Crippen LogP contribution in [0.3, 0.4) is 0 Å². The van der Waals surface area contributed by atoms with Crippen LogP contribution in [0.2, 0.25) is 0 Å². The van der Waals surface area contributed by atoms with Gasteiger partial charge in [0.2, 0.25) is 0 Å². The van der Waals surface area contributed by atoms with Crippen LogP contribution >= 0.6 is 15.9 Å². The summed E-state index contributed by atoms with van der Waals surface area (Å²) in [6, 6.07) is 14.9. The molecule has 1 amide bonds. The molecule has 0 aliphatic carbocycles. The van der Waals surface area contributed by atoms with E-state index in [-0.39, 0.29) is 11.6 Å². The van der Waals surface area contributed by atoms with Gasteiger partial charge in [0, 0.05) is 6.54 Å². The summed E-state index contributed by atoms with van der Waals surface area (Å²) in [6.07, 6.45) is 3.15. The second kappa shape index (κ2) is 12.1. The second-order valence-corrected chi connectivity index (χ2v) is 7.90. The van der Waals surface area contributed by atoms with Crippen molar-refractivity contribution in [2.45, 2.75) is 25.8 Å². The number of benzene rings is 1. The standard InChI is InChI=1S/C23H27BrN4O2/c1-4-6-21(17-9-11-20(12-10-17)30-14-13-28(2)3)27-23(29)18(16-25)15-19-7-5-8-22(24)26-19/h5,7-12,15,21H,4,6,13-14H2,1-3H3,(H,27,29)/b18-15+. The summed E-state index contributed by atoms with van der Waals surface area (Å²) in [5.74, 6) is 0.379. The number of aromatic nitrogens is 1. The van der Waals surface area contributed by atoms with Gasteiger partial charge in [-0.05, 0) is 72.4 Å². The van der Waals surface area contributed by atoms with Gasteiger partial charge in [0.25, 0.3) is 5.91 Å². The molecule has 2 aromatic rings. The molecule has 1 N–H and O–H groups in total. The number of carbonyl (C=O) groups is 1. The molecule has 0 radical (unpaired) electrons. The smallest absolute Gasteiger partial charge is 0.262 e. The molecule has 0 saturated carbocycles. The summed E-state index contributed by atoms with van der Waals surface area (Å²) in [5.41, 5.74) is 1.54. The molecule has 0 fully saturated rings. The summed E-state index contributed by atoms with van der Waals surface area (Å²) >= 11 is 3.29. The first-order valence-corrected chi connectivity index (χ1v) is 10.6. The van der Waals surface area contributed by atoms with E-state index in [2.05, 4.69) is 38.1 Å². The molecule has 0 aliphatic rings. The normalized spacial score (nSPS) is 12.3. The van der Waals surface area contributed by atoms with Crippen LogP contribution in [0, 0.1) is 11.3 Å². The van der Waals surface area contributed by atoms with Crippen LogP contribution in [-0.2, 0) is 4.79 Å². The molecular formula is C23H27BrN4O2. The highest BCUT2D eigenvalue weighted by molar-refractivity contribution is 9.10. The van der Waals surface area contributed by atoms with Crippen molar-refractivity contribution in [1.82, 2.24) is 15.2 Å². The zero-order valence-electron chi connectivity index (χ0n) is 17.6. The van der Waals surface area contributed by atoms with Gasteiger partial charge < -0.3 is 15.0 Å². The molecule has 1 aromatic heterocycles. The van der Waals surface area contributed by atoms with E-state index in [1.807, 2.05) is 44.4 Å². The zero-order valence-corrected chi connectivity index (χ0v) is 19.1. The van der Waals surface area contributed by atoms with Crippen molar-refractivity contribution in [3.05, 3.63) is 63.9 Å². The lowest BCUT2D eigenvalue weighted by Crippen LogP contribution is -2.29. The number of nitriles is 1. The minimum absolute atomic E-state index is 0.0188. The quantitative estimate of drug-likeness (QED) is 0.317. The van der Waals surface area contributed by atoms with Gasteiger partial charge in [-0.3, -0.25) is 4.79 Å². The van der Waals surface area contributed by atoms with Crippen molar-refractivity contribution < 1.29 is 9.53 Å². The van der Waals surface area contributed by atoms with Gasteiger partial charge in [-0.25, -0.2) is 4.98 Å². The second-order valence-electron chi connectivity index (χ2n) is 7.09. The Morgan fingerprint density at radius 1 is 1.30 bits per heavy atom. The highest BCUT2D eigenvalue weighted by Crippen LogP contribution is 2.22. The number of ether oxygens (including phenoxy) is 1. The van der Waals surface area contributed by atoms with E-state index in [0.717, 1.165) is 30.7 Å². The lowest BCUT2D eigenvalue weighted by atomic mass is 10.0. The molecule has 1 heterocycles. The van der Waals surface area contributed by atoms with Crippen molar-refractivity contribution in [3.8, 4) is 11.8 Å². The van der Waals surface area contributed by atoms with Crippen LogP contribution in [0.4, 0.5) is 0 Å². The third-order valence-corrected chi connectivity index (χ3v) is 4.81. The van der Waals surface area contributed by atoms with Gasteiger partial charge in [-0.15, -0.1) is 0 Å². The molecule has 158 valence electrons. The fourth-order valence-corrected chi connectivity index (χ4v) is 3.15. The van der Waals surface area contributed by atoms with Crippen LogP contribution in [0.15, 0.2) is 52.6 Å². The monoisotopic (exact) mass is 470 g/mol. The first-order valence-electron chi connectivity index (χ1n) is 9.85. The number of rotatable bonds is 10. The summed E-state index contributed by atoms with van der Waals surface area (Å²) < 4.78 is 6.38. The number of halogens is 1. The molecule has 1 aromatic carbocycles. The average Bonchev–Trinajstić information content (AvgIpc) is 2.72. The summed E-state index contributed by atoms with van der Waals surface area (Å²) in [5, 5.41) is 12.4. The lowest BCUT2D eigenvalue weighted by molar-refractivity contribution is -0.117. The summed E-state index contributed by atoms with van der Waals surface area (Å²) in [7, 11) is 4.00. The van der Waals surface area contributed by atoms with Crippen molar-refractivity contribution in [1.29, 1.82) is 5.26 Å². The molecular weight excluding hydrogens is 444 g/mol. The van der Waals surface area contributed by atoms with Gasteiger partial charge in [-0.2, -0.15) is 5.26 Å². The Kier molecular flexibility index (Phi) is 9.52. The van der Waals surface area contributed by atoms with E-state index in [9.17, 15) is 10.1 Å². The molecule has 0 spiro atoms. The van der Waals surface area contributed by atoms with Gasteiger partial charge in [0.1, 0.15) is 28.6 Å². The number of pyridine rings is 1. The van der Waals surface area contributed by atoms with Gasteiger partial charge in [0.05, 0.1) is 11.7 Å². The third-order valence-electron chi connectivity index (χ3n) is 4.37. The maximum Gasteiger partial charge on any atom is 0.262 e. The Morgan fingerprint density at radius 2 is 2.03 bits per heavy atom. The van der Waals surface area contributed by atoms with E-state index in [1.165, 1.54) is 6.08 Å². The van der Waals surface area contributed by atoms with E-state index in [0.29, 0.717) is 16.9 Å². The molecule has 2 rings (SSSR count). The predicted molar refractivity (Wildman–Crippen MR) is 122 cm³/mol. The van der Waals surface area contributed by atoms with Crippen LogP contribution in [0.25, 0.3) is 6.08 Å². The van der Waals surface area contributed by atoms with Crippen LogP contribution in [0.1, 0.15) is 37.1 Å². The average molecular weight is 471 g/mol. The molecule has 0 aliphatic heterocycles. The summed E-state index contributed by atoms with van der Waals surface area (Å²) in [6.45, 7) is 3.51. The Morgan fingerprint density at radius 3 is 2.63 bits per heavy atom. The Hall–Kier alpha value is -2.69. The molecule has 30 heavy (non-hydrogen) atoms. The zero-order chi connectivity index (χ0) is 21.9. The Bertz CT molecular complexity index is 904. The Labute approximate surface area is 186 Å². The van der Waals surface area contributed by atoms with Crippen LogP contribution in [0.5, 0.6) is 5.75 Å². The number of nitrogens with zero attached hydrogens (tertiary/aromatic N) is 3. The predicted octanol–water partition coefficient (Wildman–Crippen LogP) is 4.35. The number of nitrogens with one attached hydrogen (secondary N) is 1. The number of amides is 1. The largest absolute Gasteiger partial charge is 0.492 e. The SMILES string of the molecule is CCCC(NC(=O)/C(C#N)=C/c1cccc(Br)n1)c1ccc(OCCN(C)C)cc1. The molecule has 0 bridgehead atoms. The molecule has 6 nitrogen and oxygen atoms in total. The third kappa shape index (κ3) is 7.62. The fraction of sp³-hybridized carbons (Fsp3) is 0.348. The van der Waals surface area contributed by atoms with E-state index >= 15 is 0 Å². The molecule has 1 unspecified atom stereocenters. The van der Waals surface area contributed by atoms with E-state index < -0.39 is 5.91 Å². The summed E-state index contributed by atoms with van der Waals surface area (Å²) in [4.78, 5) is 19.0. The number of hydrogen-bond acceptors (Lipinski definition) is 5. The fourth-order valence-electron chi connectivity index (χ4n) is 2.79. The van der Waals surface area contributed by atoms with Crippen molar-refractivity contribution >= 4 is 27.9 Å². The van der Waals surface area contributed by atoms with Crippen molar-refractivity contribution in [3.63, 3.8) is 0 Å². The first kappa shape index (κ1) is 23.6. The first-order chi connectivity index (χ1) is 14.4. The number of hydrogen-bond donors (Lipinski definition) is 1. The minimum atomic E-state index is -0.413. The maximum atomic E-state index is 12.7. The highest BCUT2D eigenvalue weighted by Gasteiger charge is 2.17. The van der Waals surface area contributed by atoms with Gasteiger partial charge in [0.15, 0.2) is 0 Å². The highest BCUT2D eigenvalue weighted by atomic mass is 79.9. The number of likely N-dealkylation sites (N-methyl/N-ethyl adjacent to an activating group) is 1. The van der Waals surface area contributed by atoms with Crippen molar-refractivity contribution in [2.24, 2.45) is 0 Å². The molecule has 1 atom stereocenters. The van der Waals surface area contributed by atoms with Crippen LogP contribution in [-0.4, -0.2) is 43.0 Å². The topological polar surface area (TPSA) is 78.2 Å². The molecule has 0 saturated heterocycles. The van der Waals surface area contributed by atoms with E-state index in [4.69, 9.17) is 4.74 Å². The minimum Gasteiger partial charge on any atom is -0.492 e. The molecule has 7 heteroatoms. The van der Waals surface area contributed by atoms with Crippen molar-refractivity contribution in [2.75, 3.05) is 27.2 Å². The Balaban J connectivity index is 2.10. The lowest BCUT2D eigenvalue weighted by Gasteiger charge is -2.19. The maximum absolute atomic E-state index is 12.7. The van der Waals surface area contributed by atoms with Crippen LogP contribution < -0.4 is 10.1 Å². The van der Waals surface area contributed by atoms with Gasteiger partial charge in [-0.1, -0.05) is 31.5 Å².